The zero-order chi connectivity index (χ0) is 14.5. The topological polar surface area (TPSA) is 71.2 Å². The van der Waals surface area contributed by atoms with Crippen molar-refractivity contribution in [3.8, 4) is 0 Å². The second-order valence-corrected chi connectivity index (χ2v) is 4.42. The number of hydrogen-bond donors (Lipinski definition) is 2. The van der Waals surface area contributed by atoms with Crippen LogP contribution in [0.2, 0.25) is 5.02 Å². The number of anilines is 1. The lowest BCUT2D eigenvalue weighted by atomic mass is 10.2. The Kier molecular flexibility index (Phi) is 4.42. The first-order valence-corrected chi connectivity index (χ1v) is 6.40. The molecule has 0 aliphatic carbocycles. The molecular formula is C14H13ClN2O3. The van der Waals surface area contributed by atoms with Gasteiger partial charge in [0.2, 0.25) is 0 Å². The van der Waals surface area contributed by atoms with E-state index in [9.17, 15) is 9.59 Å². The van der Waals surface area contributed by atoms with Crippen LogP contribution in [0.3, 0.4) is 0 Å². The minimum Gasteiger partial charge on any atom is -0.462 e. The summed E-state index contributed by atoms with van der Waals surface area (Å²) in [6, 6.07) is 7.98. The number of carbonyl (C=O) groups is 2. The summed E-state index contributed by atoms with van der Waals surface area (Å²) >= 11 is 5.73. The second kappa shape index (κ2) is 6.25. The van der Waals surface area contributed by atoms with Crippen LogP contribution in [0.25, 0.3) is 0 Å². The summed E-state index contributed by atoms with van der Waals surface area (Å²) in [5.41, 5.74) is 1.38. The van der Waals surface area contributed by atoms with Crippen LogP contribution in [0.15, 0.2) is 36.5 Å². The normalized spacial score (nSPS) is 10.1. The lowest BCUT2D eigenvalue weighted by Crippen LogP contribution is -2.12. The Bertz CT molecular complexity index is 620. The maximum absolute atomic E-state index is 11.9. The minimum absolute atomic E-state index is 0.305. The van der Waals surface area contributed by atoms with Gasteiger partial charge in [0.25, 0.3) is 5.91 Å². The highest BCUT2D eigenvalue weighted by molar-refractivity contribution is 6.31. The largest absolute Gasteiger partial charge is 0.462 e. The van der Waals surface area contributed by atoms with Gasteiger partial charge in [0.05, 0.1) is 17.2 Å². The number of aromatic amines is 1. The van der Waals surface area contributed by atoms with Gasteiger partial charge in [-0.1, -0.05) is 11.6 Å². The lowest BCUT2D eigenvalue weighted by Gasteiger charge is -2.05. The summed E-state index contributed by atoms with van der Waals surface area (Å²) in [5.74, 6) is -0.692. The van der Waals surface area contributed by atoms with E-state index < -0.39 is 0 Å². The van der Waals surface area contributed by atoms with E-state index >= 15 is 0 Å². The van der Waals surface area contributed by atoms with E-state index in [0.29, 0.717) is 28.6 Å². The average molecular weight is 293 g/mol. The van der Waals surface area contributed by atoms with Gasteiger partial charge in [-0.15, -0.1) is 0 Å². The van der Waals surface area contributed by atoms with Gasteiger partial charge in [-0.25, -0.2) is 4.79 Å². The van der Waals surface area contributed by atoms with Crippen molar-refractivity contribution >= 4 is 29.2 Å². The minimum atomic E-state index is -0.387. The molecule has 2 aromatic rings. The predicted molar refractivity (Wildman–Crippen MR) is 76.2 cm³/mol. The third-order valence-electron chi connectivity index (χ3n) is 2.55. The smallest absolute Gasteiger partial charge is 0.338 e. The van der Waals surface area contributed by atoms with Crippen molar-refractivity contribution in [3.05, 3.63) is 52.8 Å². The maximum atomic E-state index is 11.9. The summed E-state index contributed by atoms with van der Waals surface area (Å²) < 4.78 is 4.88. The van der Waals surface area contributed by atoms with Gasteiger partial charge in [-0.05, 0) is 37.3 Å². The van der Waals surface area contributed by atoms with Gasteiger partial charge < -0.3 is 15.0 Å². The molecule has 1 heterocycles. The van der Waals surface area contributed by atoms with Gasteiger partial charge in [0.1, 0.15) is 5.69 Å². The fourth-order valence-electron chi connectivity index (χ4n) is 1.60. The summed E-state index contributed by atoms with van der Waals surface area (Å²) in [5, 5.41) is 3.15. The lowest BCUT2D eigenvalue weighted by molar-refractivity contribution is 0.0526. The third kappa shape index (κ3) is 3.39. The van der Waals surface area contributed by atoms with E-state index in [-0.39, 0.29) is 11.9 Å². The van der Waals surface area contributed by atoms with Crippen molar-refractivity contribution in [2.75, 3.05) is 11.9 Å². The highest BCUT2D eigenvalue weighted by atomic mass is 35.5. The molecule has 6 heteroatoms. The molecular weight excluding hydrogens is 280 g/mol. The van der Waals surface area contributed by atoms with Gasteiger partial charge in [0.15, 0.2) is 0 Å². The quantitative estimate of drug-likeness (QED) is 0.851. The van der Waals surface area contributed by atoms with E-state index in [4.69, 9.17) is 16.3 Å². The van der Waals surface area contributed by atoms with Crippen molar-refractivity contribution in [1.29, 1.82) is 0 Å². The first-order valence-electron chi connectivity index (χ1n) is 6.02. The van der Waals surface area contributed by atoms with Gasteiger partial charge in [-0.2, -0.15) is 0 Å². The van der Waals surface area contributed by atoms with Crippen LogP contribution >= 0.6 is 11.6 Å². The molecule has 0 radical (unpaired) electrons. The molecule has 0 bridgehead atoms. The molecule has 1 amide bonds. The summed E-state index contributed by atoms with van der Waals surface area (Å²) in [6.07, 6.45) is 1.53. The summed E-state index contributed by atoms with van der Waals surface area (Å²) in [4.78, 5) is 26.1. The fraction of sp³-hybridized carbons (Fsp3) is 0.143. The third-order valence-corrected chi connectivity index (χ3v) is 2.76. The van der Waals surface area contributed by atoms with Crippen LogP contribution < -0.4 is 5.32 Å². The molecule has 5 nitrogen and oxygen atoms in total. The molecule has 2 N–H and O–H groups in total. The Morgan fingerprint density at radius 3 is 2.55 bits per heavy atom. The van der Waals surface area contributed by atoms with E-state index in [1.54, 1.807) is 31.2 Å². The van der Waals surface area contributed by atoms with Crippen molar-refractivity contribution in [1.82, 2.24) is 4.98 Å². The molecule has 2 rings (SSSR count). The number of hydrogen-bond acceptors (Lipinski definition) is 3. The number of ether oxygens (including phenoxy) is 1. The molecule has 0 saturated heterocycles. The number of H-pyrrole nitrogens is 1. The van der Waals surface area contributed by atoms with Crippen molar-refractivity contribution < 1.29 is 14.3 Å². The van der Waals surface area contributed by atoms with Crippen molar-refractivity contribution in [2.24, 2.45) is 0 Å². The molecule has 0 unspecified atom stereocenters. The molecule has 0 aliphatic heterocycles. The first-order chi connectivity index (χ1) is 9.60. The number of aromatic nitrogens is 1. The van der Waals surface area contributed by atoms with Gasteiger partial charge in [-0.3, -0.25) is 4.79 Å². The van der Waals surface area contributed by atoms with Crippen LogP contribution in [0.1, 0.15) is 27.8 Å². The second-order valence-electron chi connectivity index (χ2n) is 3.98. The molecule has 0 fully saturated rings. The van der Waals surface area contributed by atoms with Crippen LogP contribution in [0.5, 0.6) is 0 Å². The number of rotatable bonds is 4. The Balaban J connectivity index is 2.04. The number of amides is 1. The first kappa shape index (κ1) is 14.1. The molecule has 1 aromatic carbocycles. The average Bonchev–Trinajstić information content (AvgIpc) is 2.86. The number of carbonyl (C=O) groups excluding carboxylic acids is 2. The number of halogens is 1. The highest BCUT2D eigenvalue weighted by Crippen LogP contribution is 2.14. The molecule has 0 aliphatic rings. The van der Waals surface area contributed by atoms with Crippen LogP contribution in [0.4, 0.5) is 5.69 Å². The fourth-order valence-corrected chi connectivity index (χ4v) is 1.77. The van der Waals surface area contributed by atoms with Crippen LogP contribution in [0, 0.1) is 0 Å². The SMILES string of the molecule is CCOC(=O)c1ccc(NC(=O)c2cc(Cl)c[nH]2)cc1. The Morgan fingerprint density at radius 2 is 2.00 bits per heavy atom. The molecule has 104 valence electrons. The molecule has 0 saturated carbocycles. The molecule has 0 spiro atoms. The van der Waals surface area contributed by atoms with E-state index in [1.165, 1.54) is 12.3 Å². The van der Waals surface area contributed by atoms with Crippen LogP contribution in [-0.4, -0.2) is 23.5 Å². The zero-order valence-electron chi connectivity index (χ0n) is 10.8. The standard InChI is InChI=1S/C14H13ClN2O3/c1-2-20-14(19)9-3-5-11(6-4-9)17-13(18)12-7-10(15)8-16-12/h3-8,16H,2H2,1H3,(H,17,18). The van der Waals surface area contributed by atoms with Crippen molar-refractivity contribution in [3.63, 3.8) is 0 Å². The molecule has 1 aromatic heterocycles. The zero-order valence-corrected chi connectivity index (χ0v) is 11.5. The van der Waals surface area contributed by atoms with Gasteiger partial charge in [0, 0.05) is 11.9 Å². The van der Waals surface area contributed by atoms with E-state index in [0.717, 1.165) is 0 Å². The van der Waals surface area contributed by atoms with E-state index in [1.807, 2.05) is 0 Å². The molecule has 20 heavy (non-hydrogen) atoms. The number of esters is 1. The van der Waals surface area contributed by atoms with E-state index in [2.05, 4.69) is 10.3 Å². The summed E-state index contributed by atoms with van der Waals surface area (Å²) in [7, 11) is 0. The van der Waals surface area contributed by atoms with Crippen molar-refractivity contribution in [2.45, 2.75) is 6.92 Å². The maximum Gasteiger partial charge on any atom is 0.338 e. The monoisotopic (exact) mass is 292 g/mol. The van der Waals surface area contributed by atoms with Crippen LogP contribution in [-0.2, 0) is 4.74 Å². The number of benzene rings is 1. The number of nitrogens with one attached hydrogen (secondary N) is 2. The van der Waals surface area contributed by atoms with Gasteiger partial charge >= 0.3 is 5.97 Å². The summed E-state index contributed by atoms with van der Waals surface area (Å²) in [6.45, 7) is 2.07. The molecule has 0 atom stereocenters. The Labute approximate surface area is 120 Å². The Hall–Kier alpha value is -2.27. The highest BCUT2D eigenvalue weighted by Gasteiger charge is 2.10. The Morgan fingerprint density at radius 1 is 1.30 bits per heavy atom. The predicted octanol–water partition coefficient (Wildman–Crippen LogP) is 3.10.